The van der Waals surface area contributed by atoms with Crippen molar-refractivity contribution >= 4 is 23.5 Å². The molecule has 1 N–H and O–H groups in total. The maximum absolute atomic E-state index is 13.8. The minimum Gasteiger partial charge on any atom is -0.497 e. The molecule has 198 valence electrons. The number of carbonyl (C=O) groups is 3. The average Bonchev–Trinajstić information content (AvgIpc) is 3.06. The van der Waals surface area contributed by atoms with Crippen molar-refractivity contribution in [3.05, 3.63) is 82.9 Å². The fourth-order valence-corrected chi connectivity index (χ4v) is 4.36. The molecular formula is C29H30N2O7. The summed E-state index contributed by atoms with van der Waals surface area (Å²) < 4.78 is 21.7. The molecule has 0 saturated heterocycles. The van der Waals surface area contributed by atoms with Gasteiger partial charge in [-0.1, -0.05) is 18.2 Å². The van der Waals surface area contributed by atoms with Crippen LogP contribution in [0, 0.1) is 6.92 Å². The van der Waals surface area contributed by atoms with Crippen LogP contribution in [0.2, 0.25) is 0 Å². The second kappa shape index (κ2) is 11.7. The van der Waals surface area contributed by atoms with Gasteiger partial charge < -0.3 is 29.2 Å². The van der Waals surface area contributed by atoms with Gasteiger partial charge in [0.2, 0.25) is 0 Å². The molecule has 0 aliphatic carbocycles. The van der Waals surface area contributed by atoms with E-state index in [1.165, 1.54) is 12.0 Å². The maximum Gasteiger partial charge on any atom is 0.338 e. The fourth-order valence-electron chi connectivity index (χ4n) is 4.36. The molecular weight excluding hydrogens is 488 g/mol. The average molecular weight is 519 g/mol. The molecule has 1 heterocycles. The first-order chi connectivity index (χ1) is 18.4. The quantitative estimate of drug-likeness (QED) is 0.444. The third-order valence-corrected chi connectivity index (χ3v) is 6.26. The van der Waals surface area contributed by atoms with E-state index in [0.29, 0.717) is 39.6 Å². The molecule has 0 saturated carbocycles. The molecule has 0 spiro atoms. The van der Waals surface area contributed by atoms with Gasteiger partial charge in [0.15, 0.2) is 6.61 Å². The summed E-state index contributed by atoms with van der Waals surface area (Å²) >= 11 is 0. The predicted molar refractivity (Wildman–Crippen MR) is 141 cm³/mol. The van der Waals surface area contributed by atoms with Crippen molar-refractivity contribution < 1.29 is 33.3 Å². The third-order valence-electron chi connectivity index (χ3n) is 6.26. The van der Waals surface area contributed by atoms with Crippen LogP contribution < -0.4 is 19.5 Å². The number of nitrogens with one attached hydrogen (secondary N) is 1. The largest absolute Gasteiger partial charge is 0.497 e. The van der Waals surface area contributed by atoms with Crippen LogP contribution in [-0.4, -0.2) is 50.1 Å². The van der Waals surface area contributed by atoms with E-state index in [4.69, 9.17) is 18.9 Å². The number of nitrogens with zero attached hydrogens (tertiary/aromatic N) is 1. The summed E-state index contributed by atoms with van der Waals surface area (Å²) in [6.07, 6.45) is 0. The fraction of sp³-hybridized carbons (Fsp3) is 0.276. The zero-order chi connectivity index (χ0) is 27.2. The van der Waals surface area contributed by atoms with E-state index in [2.05, 4.69) is 5.32 Å². The van der Waals surface area contributed by atoms with Crippen LogP contribution >= 0.6 is 0 Å². The summed E-state index contributed by atoms with van der Waals surface area (Å²) in [7, 11) is 3.09. The van der Waals surface area contributed by atoms with Crippen molar-refractivity contribution in [3.8, 4) is 17.2 Å². The molecule has 4 rings (SSSR count). The molecule has 1 unspecified atom stereocenters. The summed E-state index contributed by atoms with van der Waals surface area (Å²) in [5, 5.41) is 2.89. The Morgan fingerprint density at radius 2 is 1.82 bits per heavy atom. The molecule has 2 amide bonds. The number of fused-ring (bicyclic) bond motifs is 1. The highest BCUT2D eigenvalue weighted by Gasteiger charge is 2.37. The minimum atomic E-state index is -0.989. The van der Waals surface area contributed by atoms with Gasteiger partial charge in [-0.15, -0.1) is 0 Å². The number of methoxy groups -OCH3 is 2. The van der Waals surface area contributed by atoms with Crippen molar-refractivity contribution in [2.45, 2.75) is 26.4 Å². The molecule has 0 aromatic heterocycles. The molecule has 1 aliphatic heterocycles. The molecule has 1 atom stereocenters. The van der Waals surface area contributed by atoms with E-state index in [0.717, 1.165) is 5.56 Å². The van der Waals surface area contributed by atoms with Crippen molar-refractivity contribution in [2.24, 2.45) is 0 Å². The number of esters is 1. The van der Waals surface area contributed by atoms with E-state index >= 15 is 0 Å². The Kier molecular flexibility index (Phi) is 8.15. The predicted octanol–water partition coefficient (Wildman–Crippen LogP) is 4.29. The Balaban J connectivity index is 1.70. The number of aryl methyl sites for hydroxylation is 1. The number of amides is 2. The molecule has 3 aromatic rings. The Morgan fingerprint density at radius 1 is 1.05 bits per heavy atom. The molecule has 0 fully saturated rings. The number of anilines is 1. The number of hydrogen-bond donors (Lipinski definition) is 1. The summed E-state index contributed by atoms with van der Waals surface area (Å²) in [6, 6.07) is 16.2. The standard InChI is InChI=1S/C29H30N2O7/c1-5-37-29(34)19-9-12-21(13-10-19)30-28(33)26-23-8-6-7-18(2)27(23)38-17-25(32)31(26)16-20-11-14-22(35-3)15-24(20)36-4/h6-15,26H,5,16-17H2,1-4H3,(H,30,33). The van der Waals surface area contributed by atoms with Gasteiger partial charge in [-0.2, -0.15) is 0 Å². The van der Waals surface area contributed by atoms with Gasteiger partial charge in [0.05, 0.1) is 32.9 Å². The lowest BCUT2D eigenvalue weighted by molar-refractivity contribution is -0.140. The lowest BCUT2D eigenvalue weighted by Crippen LogP contribution is -2.41. The van der Waals surface area contributed by atoms with Gasteiger partial charge in [0.1, 0.15) is 23.3 Å². The zero-order valence-electron chi connectivity index (χ0n) is 21.8. The first-order valence-corrected chi connectivity index (χ1v) is 12.2. The van der Waals surface area contributed by atoms with Crippen LogP contribution in [0.15, 0.2) is 60.7 Å². The van der Waals surface area contributed by atoms with Crippen molar-refractivity contribution in [3.63, 3.8) is 0 Å². The maximum atomic E-state index is 13.8. The Morgan fingerprint density at radius 3 is 2.50 bits per heavy atom. The van der Waals surface area contributed by atoms with Crippen LogP contribution in [0.25, 0.3) is 0 Å². The Hall–Kier alpha value is -4.53. The normalized spacial score (nSPS) is 14.6. The Bertz CT molecular complexity index is 1340. The van der Waals surface area contributed by atoms with E-state index < -0.39 is 17.9 Å². The van der Waals surface area contributed by atoms with Crippen LogP contribution in [0.5, 0.6) is 17.2 Å². The number of carbonyl (C=O) groups excluding carboxylic acids is 3. The van der Waals surface area contributed by atoms with Crippen molar-refractivity contribution in [2.75, 3.05) is 32.8 Å². The molecule has 9 heteroatoms. The highest BCUT2D eigenvalue weighted by atomic mass is 16.5. The number of hydrogen-bond acceptors (Lipinski definition) is 7. The number of para-hydroxylation sites is 1. The second-order valence-corrected chi connectivity index (χ2v) is 8.67. The number of rotatable bonds is 8. The monoisotopic (exact) mass is 518 g/mol. The second-order valence-electron chi connectivity index (χ2n) is 8.67. The highest BCUT2D eigenvalue weighted by molar-refractivity contribution is 5.99. The third kappa shape index (κ3) is 5.56. The van der Waals surface area contributed by atoms with Gasteiger partial charge in [0, 0.05) is 22.9 Å². The van der Waals surface area contributed by atoms with Crippen LogP contribution in [-0.2, 0) is 20.9 Å². The molecule has 0 bridgehead atoms. The molecule has 38 heavy (non-hydrogen) atoms. The highest BCUT2D eigenvalue weighted by Crippen LogP contribution is 2.37. The minimum absolute atomic E-state index is 0.0998. The summed E-state index contributed by atoms with van der Waals surface area (Å²) in [4.78, 5) is 40.7. The van der Waals surface area contributed by atoms with Crippen LogP contribution in [0.4, 0.5) is 5.69 Å². The topological polar surface area (TPSA) is 103 Å². The van der Waals surface area contributed by atoms with Gasteiger partial charge in [-0.05, 0) is 55.8 Å². The molecule has 1 aliphatic rings. The number of ether oxygens (including phenoxy) is 4. The summed E-state index contributed by atoms with van der Waals surface area (Å²) in [5.74, 6) is 0.422. The van der Waals surface area contributed by atoms with Gasteiger partial charge >= 0.3 is 5.97 Å². The first-order valence-electron chi connectivity index (χ1n) is 12.2. The zero-order valence-corrected chi connectivity index (χ0v) is 21.8. The molecule has 3 aromatic carbocycles. The van der Waals surface area contributed by atoms with Crippen LogP contribution in [0.3, 0.4) is 0 Å². The SMILES string of the molecule is CCOC(=O)c1ccc(NC(=O)C2c3cccc(C)c3OCC(=O)N2Cc2ccc(OC)cc2OC)cc1. The number of benzene rings is 3. The van der Waals surface area contributed by atoms with Gasteiger partial charge in [-0.25, -0.2) is 4.79 Å². The van der Waals surface area contributed by atoms with Crippen molar-refractivity contribution in [1.82, 2.24) is 4.90 Å². The smallest absolute Gasteiger partial charge is 0.338 e. The molecule has 9 nitrogen and oxygen atoms in total. The first kappa shape index (κ1) is 26.5. The molecule has 0 radical (unpaired) electrons. The van der Waals surface area contributed by atoms with Gasteiger partial charge in [0.25, 0.3) is 11.8 Å². The van der Waals surface area contributed by atoms with Crippen molar-refractivity contribution in [1.29, 1.82) is 0 Å². The Labute approximate surface area is 221 Å². The van der Waals surface area contributed by atoms with E-state index in [1.807, 2.05) is 19.1 Å². The van der Waals surface area contributed by atoms with Gasteiger partial charge in [-0.3, -0.25) is 9.59 Å². The lowest BCUT2D eigenvalue weighted by atomic mass is 9.99. The summed E-state index contributed by atoms with van der Waals surface area (Å²) in [5.41, 5.74) is 2.93. The van der Waals surface area contributed by atoms with E-state index in [9.17, 15) is 14.4 Å². The van der Waals surface area contributed by atoms with E-state index in [-0.39, 0.29) is 25.7 Å². The lowest BCUT2D eigenvalue weighted by Gasteiger charge is -2.30. The van der Waals surface area contributed by atoms with E-state index in [1.54, 1.807) is 62.6 Å². The van der Waals surface area contributed by atoms with Crippen LogP contribution in [0.1, 0.15) is 40.0 Å². The summed E-state index contributed by atoms with van der Waals surface area (Å²) in [6.45, 7) is 3.76.